The van der Waals surface area contributed by atoms with Crippen molar-refractivity contribution in [2.45, 2.75) is 12.2 Å². The van der Waals surface area contributed by atoms with E-state index in [2.05, 4.69) is 12.6 Å². The van der Waals surface area contributed by atoms with Crippen molar-refractivity contribution in [3.05, 3.63) is 23.3 Å². The van der Waals surface area contributed by atoms with Gasteiger partial charge in [-0.2, -0.15) is 12.6 Å². The molecule has 5 nitrogen and oxygen atoms in total. The van der Waals surface area contributed by atoms with E-state index in [1.165, 1.54) is 12.1 Å². The van der Waals surface area contributed by atoms with Crippen LogP contribution in [0.3, 0.4) is 0 Å². The maximum atomic E-state index is 10.9. The van der Waals surface area contributed by atoms with Crippen LogP contribution < -0.4 is 9.47 Å². The minimum absolute atomic E-state index is 0.0856. The van der Waals surface area contributed by atoms with E-state index in [9.17, 15) is 15.0 Å². The predicted molar refractivity (Wildman–Crippen MR) is 62.8 cm³/mol. The summed E-state index contributed by atoms with van der Waals surface area (Å²) < 4.78 is 10.3. The Morgan fingerprint density at radius 3 is 2.59 bits per heavy atom. The summed E-state index contributed by atoms with van der Waals surface area (Å²) in [6.45, 7) is 0.0856. The lowest BCUT2D eigenvalue weighted by molar-refractivity contribution is 0.0332. The minimum Gasteiger partial charge on any atom is -0.454 e. The number of fused-ring (bicyclic) bond motifs is 1. The molecule has 1 aromatic carbocycles. The van der Waals surface area contributed by atoms with E-state index in [1.807, 2.05) is 0 Å². The first-order valence-corrected chi connectivity index (χ1v) is 5.66. The highest BCUT2D eigenvalue weighted by atomic mass is 32.1. The summed E-state index contributed by atoms with van der Waals surface area (Å²) in [6.07, 6.45) is -1.62. The van der Waals surface area contributed by atoms with Crippen molar-refractivity contribution in [2.75, 3.05) is 12.5 Å². The highest BCUT2D eigenvalue weighted by Crippen LogP contribution is 2.37. The van der Waals surface area contributed by atoms with Gasteiger partial charge in [0.25, 0.3) is 0 Å². The SMILES string of the molecule is O=Cc1cc2c(cc1C(O)C(O)CS)OCO2. The van der Waals surface area contributed by atoms with Gasteiger partial charge >= 0.3 is 0 Å². The smallest absolute Gasteiger partial charge is 0.231 e. The number of hydrogen-bond acceptors (Lipinski definition) is 6. The van der Waals surface area contributed by atoms with Crippen molar-refractivity contribution in [2.24, 2.45) is 0 Å². The van der Waals surface area contributed by atoms with E-state index in [4.69, 9.17) is 9.47 Å². The second-order valence-electron chi connectivity index (χ2n) is 3.65. The van der Waals surface area contributed by atoms with E-state index in [0.29, 0.717) is 23.3 Å². The quantitative estimate of drug-likeness (QED) is 0.542. The average molecular weight is 256 g/mol. The number of ether oxygens (including phenoxy) is 2. The molecule has 17 heavy (non-hydrogen) atoms. The van der Waals surface area contributed by atoms with E-state index < -0.39 is 12.2 Å². The lowest BCUT2D eigenvalue weighted by Crippen LogP contribution is -2.21. The van der Waals surface area contributed by atoms with E-state index in [1.54, 1.807) is 0 Å². The molecule has 0 fully saturated rings. The number of carbonyl (C=O) groups excluding carboxylic acids is 1. The highest BCUT2D eigenvalue weighted by Gasteiger charge is 2.24. The van der Waals surface area contributed by atoms with Crippen molar-refractivity contribution < 1.29 is 24.5 Å². The Labute approximate surface area is 103 Å². The number of carbonyl (C=O) groups is 1. The average Bonchev–Trinajstić information content (AvgIpc) is 2.82. The Bertz CT molecular complexity index is 434. The zero-order chi connectivity index (χ0) is 12.4. The largest absolute Gasteiger partial charge is 0.454 e. The van der Waals surface area contributed by atoms with Gasteiger partial charge in [0.05, 0.1) is 6.10 Å². The summed E-state index contributed by atoms with van der Waals surface area (Å²) in [5.41, 5.74) is 0.577. The van der Waals surface area contributed by atoms with Crippen LogP contribution in [0.25, 0.3) is 0 Å². The van der Waals surface area contributed by atoms with Crippen molar-refractivity contribution in [1.29, 1.82) is 0 Å². The third kappa shape index (κ3) is 2.24. The topological polar surface area (TPSA) is 76.0 Å². The maximum absolute atomic E-state index is 10.9. The monoisotopic (exact) mass is 256 g/mol. The molecule has 1 aliphatic heterocycles. The molecule has 0 aromatic heterocycles. The first-order valence-electron chi connectivity index (χ1n) is 5.03. The van der Waals surface area contributed by atoms with Gasteiger partial charge in [-0.15, -0.1) is 0 Å². The van der Waals surface area contributed by atoms with Crippen LogP contribution in [0.15, 0.2) is 12.1 Å². The summed E-state index contributed by atoms with van der Waals surface area (Å²) >= 11 is 3.90. The summed E-state index contributed by atoms with van der Waals surface area (Å²) in [5.74, 6) is 1.01. The van der Waals surface area contributed by atoms with Gasteiger partial charge in [0.2, 0.25) is 6.79 Å². The zero-order valence-corrected chi connectivity index (χ0v) is 9.76. The lowest BCUT2D eigenvalue weighted by Gasteiger charge is -2.18. The van der Waals surface area contributed by atoms with Gasteiger partial charge in [-0.25, -0.2) is 0 Å². The van der Waals surface area contributed by atoms with Crippen molar-refractivity contribution in [3.63, 3.8) is 0 Å². The molecule has 92 valence electrons. The molecule has 1 aliphatic rings. The van der Waals surface area contributed by atoms with Crippen LogP contribution in [-0.4, -0.2) is 35.1 Å². The van der Waals surface area contributed by atoms with E-state index in [-0.39, 0.29) is 18.1 Å². The Kier molecular flexibility index (Phi) is 3.56. The Morgan fingerprint density at radius 1 is 1.35 bits per heavy atom. The van der Waals surface area contributed by atoms with E-state index >= 15 is 0 Å². The van der Waals surface area contributed by atoms with Gasteiger partial charge in [0, 0.05) is 11.3 Å². The molecule has 6 heteroatoms. The first kappa shape index (κ1) is 12.2. The summed E-state index contributed by atoms with van der Waals surface area (Å²) in [7, 11) is 0. The molecule has 0 aliphatic carbocycles. The molecule has 0 amide bonds. The molecule has 0 saturated heterocycles. The second-order valence-corrected chi connectivity index (χ2v) is 4.01. The number of hydrogen-bond donors (Lipinski definition) is 3. The molecule has 2 atom stereocenters. The van der Waals surface area contributed by atoms with Crippen molar-refractivity contribution in [1.82, 2.24) is 0 Å². The fraction of sp³-hybridized carbons (Fsp3) is 0.364. The number of aliphatic hydroxyl groups is 2. The molecule has 0 saturated carbocycles. The minimum atomic E-state index is -1.18. The first-order chi connectivity index (χ1) is 8.17. The Hall–Kier alpha value is -1.24. The van der Waals surface area contributed by atoms with Crippen LogP contribution in [0.4, 0.5) is 0 Å². The zero-order valence-electron chi connectivity index (χ0n) is 8.87. The number of benzene rings is 1. The number of rotatable bonds is 4. The third-order valence-corrected chi connectivity index (χ3v) is 2.95. The number of thiol groups is 1. The lowest BCUT2D eigenvalue weighted by atomic mass is 9.99. The number of aliphatic hydroxyl groups excluding tert-OH is 2. The summed E-state index contributed by atoms with van der Waals surface area (Å²) in [4.78, 5) is 10.9. The highest BCUT2D eigenvalue weighted by molar-refractivity contribution is 7.80. The molecule has 2 N–H and O–H groups in total. The Morgan fingerprint density at radius 2 is 2.00 bits per heavy atom. The second kappa shape index (κ2) is 4.95. The van der Waals surface area contributed by atoms with Crippen LogP contribution in [-0.2, 0) is 0 Å². The van der Waals surface area contributed by atoms with Gasteiger partial charge in [-0.05, 0) is 17.7 Å². The molecule has 2 rings (SSSR count). The Balaban J connectivity index is 2.42. The van der Waals surface area contributed by atoms with Gasteiger partial charge in [0.15, 0.2) is 17.8 Å². The summed E-state index contributed by atoms with van der Waals surface area (Å²) in [5, 5.41) is 19.4. The molecule has 0 bridgehead atoms. The van der Waals surface area contributed by atoms with E-state index in [0.717, 1.165) is 0 Å². The predicted octanol–water partition coefficient (Wildman–Crippen LogP) is 0.552. The summed E-state index contributed by atoms with van der Waals surface area (Å²) in [6, 6.07) is 2.99. The van der Waals surface area contributed by atoms with Crippen LogP contribution in [0.2, 0.25) is 0 Å². The number of aldehydes is 1. The van der Waals surface area contributed by atoms with Crippen LogP contribution in [0.1, 0.15) is 22.0 Å². The van der Waals surface area contributed by atoms with Crippen molar-refractivity contribution >= 4 is 18.9 Å². The molecule has 1 heterocycles. The van der Waals surface area contributed by atoms with Crippen molar-refractivity contribution in [3.8, 4) is 11.5 Å². The fourth-order valence-corrected chi connectivity index (χ4v) is 1.84. The molecule has 2 unspecified atom stereocenters. The third-order valence-electron chi connectivity index (χ3n) is 2.58. The molecular weight excluding hydrogens is 244 g/mol. The van der Waals surface area contributed by atoms with Gasteiger partial charge in [-0.3, -0.25) is 4.79 Å². The van der Waals surface area contributed by atoms with Gasteiger partial charge in [-0.1, -0.05) is 0 Å². The van der Waals surface area contributed by atoms with Crippen LogP contribution in [0, 0.1) is 0 Å². The normalized spacial score (nSPS) is 16.6. The fourth-order valence-electron chi connectivity index (χ4n) is 1.64. The van der Waals surface area contributed by atoms with Gasteiger partial charge < -0.3 is 19.7 Å². The molecule has 0 spiro atoms. The van der Waals surface area contributed by atoms with Gasteiger partial charge in [0.1, 0.15) is 6.10 Å². The molecule has 1 aromatic rings. The van der Waals surface area contributed by atoms with Crippen LogP contribution >= 0.6 is 12.6 Å². The van der Waals surface area contributed by atoms with Crippen LogP contribution in [0.5, 0.6) is 11.5 Å². The molecule has 0 radical (unpaired) electrons. The maximum Gasteiger partial charge on any atom is 0.231 e. The molecular formula is C11H12O5S. The standard InChI is InChI=1S/C11H12O5S/c12-3-6-1-9-10(16-5-15-9)2-7(6)11(14)8(13)4-17/h1-3,8,11,13-14,17H,4-5H2.